The van der Waals surface area contributed by atoms with Crippen molar-refractivity contribution < 1.29 is 23.9 Å². The highest BCUT2D eigenvalue weighted by Gasteiger charge is 2.26. The van der Waals surface area contributed by atoms with Crippen LogP contribution in [0.25, 0.3) is 0 Å². The van der Waals surface area contributed by atoms with Crippen molar-refractivity contribution in [2.75, 3.05) is 31.2 Å². The summed E-state index contributed by atoms with van der Waals surface area (Å²) in [6, 6.07) is 10.9. The van der Waals surface area contributed by atoms with Gasteiger partial charge in [0.15, 0.2) is 5.82 Å². The second-order valence-electron chi connectivity index (χ2n) is 6.29. The zero-order chi connectivity index (χ0) is 20.1. The highest BCUT2D eigenvalue weighted by Crippen LogP contribution is 2.23. The SMILES string of the molecule is O=C(NO)c1ccc(CN(C(=O)N2CCOCC2)c2cccc(P)c2F)cc1. The molecule has 2 aromatic carbocycles. The van der Waals surface area contributed by atoms with E-state index in [9.17, 15) is 14.0 Å². The van der Waals surface area contributed by atoms with E-state index in [4.69, 9.17) is 9.94 Å². The van der Waals surface area contributed by atoms with E-state index in [0.717, 1.165) is 0 Å². The summed E-state index contributed by atoms with van der Waals surface area (Å²) in [5, 5.41) is 9.08. The van der Waals surface area contributed by atoms with Crippen LogP contribution < -0.4 is 15.7 Å². The largest absolute Gasteiger partial charge is 0.378 e. The number of carbonyl (C=O) groups excluding carboxylic acids is 2. The fourth-order valence-electron chi connectivity index (χ4n) is 2.94. The molecule has 0 bridgehead atoms. The number of carbonyl (C=O) groups is 2. The van der Waals surface area contributed by atoms with Crippen LogP contribution in [0, 0.1) is 5.82 Å². The third kappa shape index (κ3) is 4.47. The van der Waals surface area contributed by atoms with E-state index in [0.29, 0.717) is 37.2 Å². The first-order valence-electron chi connectivity index (χ1n) is 8.73. The molecule has 1 saturated heterocycles. The van der Waals surface area contributed by atoms with Crippen LogP contribution in [0.15, 0.2) is 42.5 Å². The second-order valence-corrected chi connectivity index (χ2v) is 6.91. The minimum absolute atomic E-state index is 0.127. The number of nitrogens with zero attached hydrogens (tertiary/aromatic N) is 2. The lowest BCUT2D eigenvalue weighted by molar-refractivity contribution is 0.0547. The maximum Gasteiger partial charge on any atom is 0.325 e. The fourth-order valence-corrected chi connectivity index (χ4v) is 3.19. The van der Waals surface area contributed by atoms with E-state index in [2.05, 4.69) is 9.24 Å². The van der Waals surface area contributed by atoms with Gasteiger partial charge in [0.1, 0.15) is 0 Å². The first kappa shape index (κ1) is 20.2. The maximum atomic E-state index is 14.8. The minimum atomic E-state index is -0.630. The van der Waals surface area contributed by atoms with Crippen molar-refractivity contribution in [3.63, 3.8) is 0 Å². The Morgan fingerprint density at radius 1 is 1.18 bits per heavy atom. The first-order chi connectivity index (χ1) is 13.5. The zero-order valence-corrected chi connectivity index (χ0v) is 16.3. The van der Waals surface area contributed by atoms with Gasteiger partial charge >= 0.3 is 6.03 Å². The van der Waals surface area contributed by atoms with E-state index < -0.39 is 11.7 Å². The molecule has 2 N–H and O–H groups in total. The molecule has 0 saturated carbocycles. The Hall–Kier alpha value is -2.54. The number of amides is 3. The molecule has 0 aromatic heterocycles. The Labute approximate surface area is 164 Å². The molecular formula is C19H21FN3O4P. The molecule has 7 nitrogen and oxygen atoms in total. The van der Waals surface area contributed by atoms with Crippen molar-refractivity contribution in [2.45, 2.75) is 6.54 Å². The van der Waals surface area contributed by atoms with Crippen LogP contribution in [0.1, 0.15) is 15.9 Å². The fraction of sp³-hybridized carbons (Fsp3) is 0.263. The number of hydrogen-bond acceptors (Lipinski definition) is 4. The summed E-state index contributed by atoms with van der Waals surface area (Å²) in [5.41, 5.74) is 2.74. The molecule has 3 amide bonds. The number of rotatable bonds is 4. The first-order valence-corrected chi connectivity index (χ1v) is 9.30. The van der Waals surface area contributed by atoms with Crippen molar-refractivity contribution in [2.24, 2.45) is 0 Å². The topological polar surface area (TPSA) is 82.1 Å². The Morgan fingerprint density at radius 2 is 1.86 bits per heavy atom. The number of ether oxygens (including phenoxy) is 1. The summed E-state index contributed by atoms with van der Waals surface area (Å²) >= 11 is 0. The molecule has 1 atom stereocenters. The molecule has 1 aliphatic rings. The lowest BCUT2D eigenvalue weighted by Crippen LogP contribution is -2.48. The molecule has 28 heavy (non-hydrogen) atoms. The van der Waals surface area contributed by atoms with Gasteiger partial charge in [-0.2, -0.15) is 0 Å². The minimum Gasteiger partial charge on any atom is -0.378 e. The molecule has 1 heterocycles. The van der Waals surface area contributed by atoms with Gasteiger partial charge in [-0.15, -0.1) is 9.24 Å². The van der Waals surface area contributed by atoms with Crippen LogP contribution in [-0.4, -0.2) is 48.3 Å². The monoisotopic (exact) mass is 405 g/mol. The van der Waals surface area contributed by atoms with E-state index in [1.54, 1.807) is 40.7 Å². The zero-order valence-electron chi connectivity index (χ0n) is 15.1. The highest BCUT2D eigenvalue weighted by atomic mass is 31.0. The number of benzene rings is 2. The summed E-state index contributed by atoms with van der Waals surface area (Å²) in [6.45, 7) is 1.88. The molecule has 9 heteroatoms. The van der Waals surface area contributed by atoms with E-state index in [1.807, 2.05) is 0 Å². The van der Waals surface area contributed by atoms with Gasteiger partial charge in [0.25, 0.3) is 5.91 Å². The quantitative estimate of drug-likeness (QED) is 0.463. The maximum absolute atomic E-state index is 14.8. The highest BCUT2D eigenvalue weighted by molar-refractivity contribution is 7.27. The molecule has 2 aromatic rings. The number of halogens is 1. The van der Waals surface area contributed by atoms with Gasteiger partial charge in [-0.05, 0) is 23.8 Å². The lowest BCUT2D eigenvalue weighted by Gasteiger charge is -2.33. The molecule has 1 fully saturated rings. The molecule has 148 valence electrons. The van der Waals surface area contributed by atoms with E-state index in [-0.39, 0.29) is 23.8 Å². The number of hydroxylamine groups is 1. The second kappa shape index (κ2) is 9.10. The molecule has 3 rings (SSSR count). The normalized spacial score (nSPS) is 13.9. The van der Waals surface area contributed by atoms with Crippen molar-refractivity contribution in [3.05, 3.63) is 59.4 Å². The number of morpholine rings is 1. The standard InChI is InChI=1S/C19H21FN3O4P/c20-17-15(2-1-3-16(17)28)23(19(25)22-8-10-27-11-9-22)12-13-4-6-14(7-5-13)18(24)21-26/h1-7,26H,8-12,28H2,(H,21,24). The molecule has 0 spiro atoms. The van der Waals surface area contributed by atoms with Crippen LogP contribution in [-0.2, 0) is 11.3 Å². The lowest BCUT2D eigenvalue weighted by atomic mass is 10.1. The summed E-state index contributed by atoms with van der Waals surface area (Å²) in [6.07, 6.45) is 0. The van der Waals surface area contributed by atoms with Crippen molar-refractivity contribution in [1.82, 2.24) is 10.4 Å². The average Bonchev–Trinajstić information content (AvgIpc) is 2.74. The summed E-state index contributed by atoms with van der Waals surface area (Å²) in [5.74, 6) is -1.11. The number of urea groups is 1. The predicted octanol–water partition coefficient (Wildman–Crippen LogP) is 1.90. The summed E-state index contributed by atoms with van der Waals surface area (Å²) < 4.78 is 20.1. The predicted molar refractivity (Wildman–Crippen MR) is 105 cm³/mol. The van der Waals surface area contributed by atoms with Gasteiger partial charge < -0.3 is 9.64 Å². The van der Waals surface area contributed by atoms with Crippen LogP contribution in [0.2, 0.25) is 0 Å². The van der Waals surface area contributed by atoms with Crippen LogP contribution in [0.4, 0.5) is 14.9 Å². The van der Waals surface area contributed by atoms with Crippen molar-refractivity contribution in [3.8, 4) is 0 Å². The summed E-state index contributed by atoms with van der Waals surface area (Å²) in [4.78, 5) is 27.6. The van der Waals surface area contributed by atoms with Crippen molar-refractivity contribution >= 4 is 32.2 Å². The Bertz CT molecular complexity index is 857. The van der Waals surface area contributed by atoms with Gasteiger partial charge in [-0.25, -0.2) is 14.7 Å². The Balaban J connectivity index is 1.90. The van der Waals surface area contributed by atoms with Gasteiger partial charge in [0.2, 0.25) is 0 Å². The van der Waals surface area contributed by atoms with Gasteiger partial charge in [-0.1, -0.05) is 24.3 Å². The van der Waals surface area contributed by atoms with Crippen LogP contribution in [0.3, 0.4) is 0 Å². The number of hydrogen-bond donors (Lipinski definition) is 2. The van der Waals surface area contributed by atoms with Gasteiger partial charge in [-0.3, -0.25) is 14.9 Å². The third-order valence-electron chi connectivity index (χ3n) is 4.47. The molecular weight excluding hydrogens is 384 g/mol. The number of anilines is 1. The van der Waals surface area contributed by atoms with Crippen LogP contribution >= 0.6 is 9.24 Å². The smallest absolute Gasteiger partial charge is 0.325 e. The van der Waals surface area contributed by atoms with Gasteiger partial charge in [0, 0.05) is 24.0 Å². The molecule has 0 aliphatic carbocycles. The van der Waals surface area contributed by atoms with Crippen LogP contribution in [0.5, 0.6) is 0 Å². The average molecular weight is 405 g/mol. The number of nitrogens with one attached hydrogen (secondary N) is 1. The molecule has 0 radical (unpaired) electrons. The Kier molecular flexibility index (Phi) is 6.57. The van der Waals surface area contributed by atoms with Crippen molar-refractivity contribution in [1.29, 1.82) is 0 Å². The Morgan fingerprint density at radius 3 is 2.50 bits per heavy atom. The third-order valence-corrected chi connectivity index (χ3v) is 4.92. The van der Waals surface area contributed by atoms with Gasteiger partial charge in [0.05, 0.1) is 25.4 Å². The van der Waals surface area contributed by atoms with E-state index in [1.165, 1.54) is 17.0 Å². The summed E-state index contributed by atoms with van der Waals surface area (Å²) in [7, 11) is 2.32. The molecule has 1 aliphatic heterocycles. The molecule has 1 unspecified atom stereocenters. The van der Waals surface area contributed by atoms with E-state index >= 15 is 0 Å².